The number of phenolic OH excluding ortho intramolecular Hbond substituents is 2. The van der Waals surface area contributed by atoms with Gasteiger partial charge < -0.3 is 19.8 Å². The van der Waals surface area contributed by atoms with Crippen LogP contribution in [-0.4, -0.2) is 48.0 Å². The lowest BCUT2D eigenvalue weighted by Gasteiger charge is -2.18. The lowest BCUT2D eigenvalue weighted by molar-refractivity contribution is -0.127. The number of benzene rings is 2. The van der Waals surface area contributed by atoms with Crippen molar-refractivity contribution in [2.45, 2.75) is 19.8 Å². The first kappa shape index (κ1) is 19.3. The number of ether oxygens (including phenoxy) is 1. The van der Waals surface area contributed by atoms with E-state index in [-0.39, 0.29) is 29.4 Å². The molecule has 0 atom stereocenters. The summed E-state index contributed by atoms with van der Waals surface area (Å²) in [6.45, 7) is 1.82. The summed E-state index contributed by atoms with van der Waals surface area (Å²) in [7, 11) is 4.75. The van der Waals surface area contributed by atoms with E-state index in [9.17, 15) is 19.8 Å². The summed E-state index contributed by atoms with van der Waals surface area (Å²) in [6, 6.07) is 7.64. The molecule has 0 aliphatic carbocycles. The SMILES string of the molecule is CCc1c(O)cc(O)c(C(=O)c2ccc(OC)cc2)c1CC(=O)N(C)C. The first-order valence-electron chi connectivity index (χ1n) is 8.25. The van der Waals surface area contributed by atoms with Crippen molar-refractivity contribution in [2.24, 2.45) is 0 Å². The Morgan fingerprint density at radius 2 is 1.65 bits per heavy atom. The topological polar surface area (TPSA) is 87.1 Å². The predicted molar refractivity (Wildman–Crippen MR) is 98.0 cm³/mol. The number of phenols is 2. The van der Waals surface area contributed by atoms with Crippen molar-refractivity contribution in [1.82, 2.24) is 4.90 Å². The number of likely N-dealkylation sites (N-methyl/N-ethyl adjacent to an activating group) is 1. The molecule has 0 unspecified atom stereocenters. The second kappa shape index (κ2) is 7.91. The molecule has 138 valence electrons. The minimum absolute atomic E-state index is 0.0417. The quantitative estimate of drug-likeness (QED) is 0.776. The van der Waals surface area contributed by atoms with E-state index < -0.39 is 5.78 Å². The van der Waals surface area contributed by atoms with Crippen LogP contribution in [0.4, 0.5) is 0 Å². The zero-order chi connectivity index (χ0) is 19.4. The van der Waals surface area contributed by atoms with Gasteiger partial charge in [0.2, 0.25) is 5.91 Å². The summed E-state index contributed by atoms with van der Waals surface area (Å²) in [6.07, 6.45) is 0.334. The number of amides is 1. The fraction of sp³-hybridized carbons (Fsp3) is 0.300. The molecule has 0 spiro atoms. The Hall–Kier alpha value is -3.02. The number of aromatic hydroxyl groups is 2. The molecule has 1 amide bonds. The number of carbonyl (C=O) groups is 2. The largest absolute Gasteiger partial charge is 0.508 e. The second-order valence-corrected chi connectivity index (χ2v) is 6.12. The number of carbonyl (C=O) groups excluding carboxylic acids is 2. The molecule has 0 bridgehead atoms. The van der Waals surface area contributed by atoms with Crippen molar-refractivity contribution in [3.05, 3.63) is 52.6 Å². The standard InChI is InChI=1S/C20H23NO5/c1-5-14-15(10-18(24)21(2)3)19(17(23)11-16(14)22)20(25)12-6-8-13(26-4)9-7-12/h6-9,11,22-23H,5,10H2,1-4H3. The van der Waals surface area contributed by atoms with Gasteiger partial charge in [-0.3, -0.25) is 9.59 Å². The van der Waals surface area contributed by atoms with E-state index in [1.54, 1.807) is 38.4 Å². The minimum atomic E-state index is -0.415. The number of hydrogen-bond acceptors (Lipinski definition) is 5. The van der Waals surface area contributed by atoms with Gasteiger partial charge in [-0.05, 0) is 41.8 Å². The van der Waals surface area contributed by atoms with Gasteiger partial charge in [-0.1, -0.05) is 6.92 Å². The van der Waals surface area contributed by atoms with Gasteiger partial charge in [0.25, 0.3) is 0 Å². The van der Waals surface area contributed by atoms with Crippen molar-refractivity contribution >= 4 is 11.7 Å². The van der Waals surface area contributed by atoms with Crippen LogP contribution in [0.2, 0.25) is 0 Å². The second-order valence-electron chi connectivity index (χ2n) is 6.12. The molecule has 0 fully saturated rings. The van der Waals surface area contributed by atoms with Crippen LogP contribution in [0.5, 0.6) is 17.2 Å². The predicted octanol–water partition coefficient (Wildman–Crippen LogP) is 2.53. The lowest BCUT2D eigenvalue weighted by Crippen LogP contribution is -2.25. The summed E-state index contributed by atoms with van der Waals surface area (Å²) >= 11 is 0. The fourth-order valence-corrected chi connectivity index (χ4v) is 2.79. The average molecular weight is 357 g/mol. The van der Waals surface area contributed by atoms with Crippen molar-refractivity contribution < 1.29 is 24.5 Å². The highest BCUT2D eigenvalue weighted by atomic mass is 16.5. The van der Waals surface area contributed by atoms with Crippen molar-refractivity contribution in [3.8, 4) is 17.2 Å². The molecule has 0 heterocycles. The monoisotopic (exact) mass is 357 g/mol. The van der Waals surface area contributed by atoms with Crippen LogP contribution >= 0.6 is 0 Å². The first-order valence-corrected chi connectivity index (χ1v) is 8.25. The first-order chi connectivity index (χ1) is 12.3. The molecule has 6 nitrogen and oxygen atoms in total. The highest BCUT2D eigenvalue weighted by molar-refractivity contribution is 6.12. The van der Waals surface area contributed by atoms with E-state index in [0.29, 0.717) is 28.9 Å². The van der Waals surface area contributed by atoms with E-state index >= 15 is 0 Å². The molecule has 2 rings (SSSR count). The molecule has 26 heavy (non-hydrogen) atoms. The maximum atomic E-state index is 13.0. The maximum Gasteiger partial charge on any atom is 0.226 e. The number of nitrogens with zero attached hydrogens (tertiary/aromatic N) is 1. The molecule has 0 saturated carbocycles. The number of methoxy groups -OCH3 is 1. The minimum Gasteiger partial charge on any atom is -0.508 e. The summed E-state index contributed by atoms with van der Waals surface area (Å²) in [5.41, 5.74) is 1.23. The third-order valence-electron chi connectivity index (χ3n) is 4.26. The van der Waals surface area contributed by atoms with Gasteiger partial charge in [0, 0.05) is 25.7 Å². The van der Waals surface area contributed by atoms with Crippen LogP contribution in [0.25, 0.3) is 0 Å². The molecular formula is C20H23NO5. The number of ketones is 1. The molecule has 0 aliphatic rings. The van der Waals surface area contributed by atoms with Crippen LogP contribution in [0.3, 0.4) is 0 Å². The molecule has 2 N–H and O–H groups in total. The molecule has 0 aromatic heterocycles. The Labute approximate surface area is 152 Å². The zero-order valence-electron chi connectivity index (χ0n) is 15.4. The van der Waals surface area contributed by atoms with E-state index in [1.165, 1.54) is 12.0 Å². The highest BCUT2D eigenvalue weighted by Crippen LogP contribution is 2.35. The Morgan fingerprint density at radius 3 is 2.15 bits per heavy atom. The number of rotatable bonds is 6. The third-order valence-corrected chi connectivity index (χ3v) is 4.26. The van der Waals surface area contributed by atoms with E-state index in [4.69, 9.17) is 4.74 Å². The molecule has 0 radical (unpaired) electrons. The molecule has 6 heteroatoms. The normalized spacial score (nSPS) is 10.5. The van der Waals surface area contributed by atoms with Gasteiger partial charge in [-0.25, -0.2) is 0 Å². The molecule has 0 aliphatic heterocycles. The Balaban J connectivity index is 2.61. The van der Waals surface area contributed by atoms with E-state index in [0.717, 1.165) is 6.07 Å². The van der Waals surface area contributed by atoms with Crippen LogP contribution in [0, 0.1) is 0 Å². The summed E-state index contributed by atoms with van der Waals surface area (Å²) < 4.78 is 5.09. The van der Waals surface area contributed by atoms with Gasteiger partial charge in [0.1, 0.15) is 17.2 Å². The number of hydrogen-bond donors (Lipinski definition) is 2. The van der Waals surface area contributed by atoms with Gasteiger partial charge in [0.15, 0.2) is 5.78 Å². The Morgan fingerprint density at radius 1 is 1.04 bits per heavy atom. The van der Waals surface area contributed by atoms with Gasteiger partial charge in [-0.2, -0.15) is 0 Å². The van der Waals surface area contributed by atoms with Gasteiger partial charge in [-0.15, -0.1) is 0 Å². The highest BCUT2D eigenvalue weighted by Gasteiger charge is 2.25. The summed E-state index contributed by atoms with van der Waals surface area (Å²) in [4.78, 5) is 26.6. The molecular weight excluding hydrogens is 334 g/mol. The van der Waals surface area contributed by atoms with E-state index in [1.807, 2.05) is 6.92 Å². The fourth-order valence-electron chi connectivity index (χ4n) is 2.79. The van der Waals surface area contributed by atoms with Gasteiger partial charge >= 0.3 is 0 Å². The van der Waals surface area contributed by atoms with Gasteiger partial charge in [0.05, 0.1) is 19.1 Å². The molecule has 2 aromatic rings. The van der Waals surface area contributed by atoms with Crippen LogP contribution in [-0.2, 0) is 17.6 Å². The summed E-state index contributed by atoms with van der Waals surface area (Å²) in [5, 5.41) is 20.5. The Kier molecular flexibility index (Phi) is 5.87. The Bertz CT molecular complexity index is 825. The third kappa shape index (κ3) is 3.79. The van der Waals surface area contributed by atoms with Crippen LogP contribution in [0.15, 0.2) is 30.3 Å². The molecule has 0 saturated heterocycles. The molecule has 2 aromatic carbocycles. The van der Waals surface area contributed by atoms with Crippen LogP contribution in [0.1, 0.15) is 34.0 Å². The lowest BCUT2D eigenvalue weighted by atomic mass is 9.90. The van der Waals surface area contributed by atoms with Crippen LogP contribution < -0.4 is 4.74 Å². The average Bonchev–Trinajstić information content (AvgIpc) is 2.61. The smallest absolute Gasteiger partial charge is 0.226 e. The van der Waals surface area contributed by atoms with Crippen molar-refractivity contribution in [3.63, 3.8) is 0 Å². The van der Waals surface area contributed by atoms with E-state index in [2.05, 4.69) is 0 Å². The maximum absolute atomic E-state index is 13.0. The zero-order valence-corrected chi connectivity index (χ0v) is 15.4. The summed E-state index contributed by atoms with van der Waals surface area (Å²) in [5.74, 6) is -0.511. The van der Waals surface area contributed by atoms with Crippen molar-refractivity contribution in [2.75, 3.05) is 21.2 Å². The van der Waals surface area contributed by atoms with Crippen molar-refractivity contribution in [1.29, 1.82) is 0 Å².